The number of rotatable bonds is 3. The van der Waals surface area contributed by atoms with Crippen molar-refractivity contribution in [3.05, 3.63) is 21.5 Å². The molecule has 1 saturated heterocycles. The van der Waals surface area contributed by atoms with Gasteiger partial charge in [0.25, 0.3) is 0 Å². The van der Waals surface area contributed by atoms with E-state index in [9.17, 15) is 4.39 Å². The van der Waals surface area contributed by atoms with Crippen molar-refractivity contribution in [2.75, 3.05) is 24.2 Å². The van der Waals surface area contributed by atoms with Gasteiger partial charge in [0.15, 0.2) is 0 Å². The van der Waals surface area contributed by atoms with Crippen LogP contribution in [-0.4, -0.2) is 19.3 Å². The van der Waals surface area contributed by atoms with Crippen LogP contribution >= 0.6 is 22.6 Å². The molecular formula is C11H14FIN2O. The van der Waals surface area contributed by atoms with Gasteiger partial charge >= 0.3 is 0 Å². The first-order chi connectivity index (χ1) is 7.66. The summed E-state index contributed by atoms with van der Waals surface area (Å²) in [5, 5.41) is 3.13. The predicted octanol–water partition coefficient (Wildman–Crippen LogP) is 2.60. The van der Waals surface area contributed by atoms with Crippen molar-refractivity contribution >= 4 is 34.0 Å². The van der Waals surface area contributed by atoms with Crippen LogP contribution in [0, 0.1) is 9.39 Å². The quantitative estimate of drug-likeness (QED) is 0.659. The van der Waals surface area contributed by atoms with Gasteiger partial charge in [-0.25, -0.2) is 4.39 Å². The van der Waals surface area contributed by atoms with Gasteiger partial charge in [0.1, 0.15) is 5.82 Å². The van der Waals surface area contributed by atoms with E-state index in [4.69, 9.17) is 10.5 Å². The van der Waals surface area contributed by atoms with E-state index in [1.54, 1.807) is 6.07 Å². The molecule has 0 radical (unpaired) electrons. The predicted molar refractivity (Wildman–Crippen MR) is 71.0 cm³/mol. The van der Waals surface area contributed by atoms with Crippen molar-refractivity contribution in [1.82, 2.24) is 0 Å². The van der Waals surface area contributed by atoms with Crippen LogP contribution in [0.2, 0.25) is 0 Å². The van der Waals surface area contributed by atoms with Crippen LogP contribution in [0.3, 0.4) is 0 Å². The van der Waals surface area contributed by atoms with E-state index in [0.29, 0.717) is 21.5 Å². The molecule has 16 heavy (non-hydrogen) atoms. The Morgan fingerprint density at radius 3 is 3.06 bits per heavy atom. The highest BCUT2D eigenvalue weighted by molar-refractivity contribution is 14.1. The first-order valence-corrected chi connectivity index (χ1v) is 6.34. The van der Waals surface area contributed by atoms with E-state index in [1.807, 2.05) is 22.6 Å². The zero-order valence-corrected chi connectivity index (χ0v) is 11.0. The Morgan fingerprint density at radius 1 is 1.56 bits per heavy atom. The molecule has 0 amide bonds. The molecule has 1 fully saturated rings. The van der Waals surface area contributed by atoms with Crippen LogP contribution in [0.5, 0.6) is 0 Å². The van der Waals surface area contributed by atoms with Gasteiger partial charge in [0.05, 0.1) is 21.0 Å². The van der Waals surface area contributed by atoms with Crippen molar-refractivity contribution < 1.29 is 9.13 Å². The number of nitrogens with one attached hydrogen (secondary N) is 1. The van der Waals surface area contributed by atoms with Gasteiger partial charge in [-0.05, 0) is 41.5 Å². The fourth-order valence-corrected chi connectivity index (χ4v) is 2.24. The summed E-state index contributed by atoms with van der Waals surface area (Å²) in [7, 11) is 0. The van der Waals surface area contributed by atoms with Crippen LogP contribution in [0.15, 0.2) is 12.1 Å². The lowest BCUT2D eigenvalue weighted by Crippen LogP contribution is -2.19. The molecule has 1 atom stereocenters. The first-order valence-electron chi connectivity index (χ1n) is 5.27. The summed E-state index contributed by atoms with van der Waals surface area (Å²) in [4.78, 5) is 0. The lowest BCUT2D eigenvalue weighted by molar-refractivity contribution is 0.120. The maximum atomic E-state index is 13.3. The average molecular weight is 336 g/mol. The molecular weight excluding hydrogens is 322 g/mol. The van der Waals surface area contributed by atoms with Crippen molar-refractivity contribution in [1.29, 1.82) is 0 Å². The molecule has 1 aromatic rings. The van der Waals surface area contributed by atoms with Gasteiger partial charge in [-0.3, -0.25) is 0 Å². The third-order valence-corrected chi connectivity index (χ3v) is 3.46. The molecule has 2 rings (SSSR count). The molecule has 0 bridgehead atoms. The minimum atomic E-state index is -0.246. The van der Waals surface area contributed by atoms with E-state index < -0.39 is 0 Å². The molecule has 88 valence electrons. The first kappa shape index (κ1) is 11.9. The Hall–Kier alpha value is -0.560. The van der Waals surface area contributed by atoms with Gasteiger partial charge in [0, 0.05) is 19.2 Å². The third-order valence-electron chi connectivity index (χ3n) is 2.64. The van der Waals surface area contributed by atoms with Gasteiger partial charge in [-0.1, -0.05) is 0 Å². The monoisotopic (exact) mass is 336 g/mol. The van der Waals surface area contributed by atoms with Crippen LogP contribution in [0.1, 0.15) is 12.8 Å². The minimum Gasteiger partial charge on any atom is -0.397 e. The molecule has 1 unspecified atom stereocenters. The third kappa shape index (κ3) is 2.76. The lowest BCUT2D eigenvalue weighted by Gasteiger charge is -2.14. The lowest BCUT2D eigenvalue weighted by atomic mass is 10.2. The highest BCUT2D eigenvalue weighted by Crippen LogP contribution is 2.24. The van der Waals surface area contributed by atoms with Crippen LogP contribution in [0.4, 0.5) is 15.8 Å². The van der Waals surface area contributed by atoms with Crippen LogP contribution < -0.4 is 11.1 Å². The Labute approximate surface area is 108 Å². The summed E-state index contributed by atoms with van der Waals surface area (Å²) in [5.41, 5.74) is 7.02. The van der Waals surface area contributed by atoms with E-state index >= 15 is 0 Å². The summed E-state index contributed by atoms with van der Waals surface area (Å²) in [6.45, 7) is 1.51. The number of halogens is 2. The molecule has 5 heteroatoms. The molecule has 0 aromatic heterocycles. The van der Waals surface area contributed by atoms with Gasteiger partial charge in [-0.15, -0.1) is 0 Å². The molecule has 0 aliphatic carbocycles. The smallest absolute Gasteiger partial charge is 0.138 e. The molecule has 1 aliphatic rings. The number of anilines is 2. The van der Waals surface area contributed by atoms with Gasteiger partial charge in [-0.2, -0.15) is 0 Å². The maximum absolute atomic E-state index is 13.3. The highest BCUT2D eigenvalue weighted by Gasteiger charge is 2.15. The zero-order valence-electron chi connectivity index (χ0n) is 8.80. The van der Waals surface area contributed by atoms with Crippen molar-refractivity contribution in [3.63, 3.8) is 0 Å². The van der Waals surface area contributed by atoms with Gasteiger partial charge < -0.3 is 15.8 Å². The van der Waals surface area contributed by atoms with E-state index in [0.717, 1.165) is 19.4 Å². The number of nitrogen functional groups attached to an aromatic ring is 1. The van der Waals surface area contributed by atoms with Crippen molar-refractivity contribution in [2.24, 2.45) is 0 Å². The average Bonchev–Trinajstić information content (AvgIpc) is 2.74. The summed E-state index contributed by atoms with van der Waals surface area (Å²) in [6.07, 6.45) is 2.38. The summed E-state index contributed by atoms with van der Waals surface area (Å²) in [5.74, 6) is -0.246. The minimum absolute atomic E-state index is 0.224. The largest absolute Gasteiger partial charge is 0.397 e. The van der Waals surface area contributed by atoms with Crippen LogP contribution in [0.25, 0.3) is 0 Å². The number of ether oxygens (including phenoxy) is 1. The normalized spacial score (nSPS) is 20.0. The second-order valence-electron chi connectivity index (χ2n) is 3.87. The number of benzene rings is 1. The Bertz CT molecular complexity index is 380. The number of hydrogen-bond acceptors (Lipinski definition) is 3. The van der Waals surface area contributed by atoms with Crippen molar-refractivity contribution in [2.45, 2.75) is 18.9 Å². The van der Waals surface area contributed by atoms with Gasteiger partial charge in [0.2, 0.25) is 0 Å². The SMILES string of the molecule is Nc1cc(I)c(F)cc1NCC1CCCO1. The Morgan fingerprint density at radius 2 is 2.38 bits per heavy atom. The fourth-order valence-electron chi connectivity index (χ4n) is 1.74. The maximum Gasteiger partial charge on any atom is 0.138 e. The molecule has 1 aromatic carbocycles. The number of nitrogens with two attached hydrogens (primary N) is 1. The Kier molecular flexibility index (Phi) is 3.86. The summed E-state index contributed by atoms with van der Waals surface area (Å²) >= 11 is 1.93. The molecule has 3 N–H and O–H groups in total. The van der Waals surface area contributed by atoms with E-state index in [1.165, 1.54) is 6.07 Å². The second-order valence-corrected chi connectivity index (χ2v) is 5.03. The van der Waals surface area contributed by atoms with Crippen molar-refractivity contribution in [3.8, 4) is 0 Å². The molecule has 0 saturated carbocycles. The number of hydrogen-bond donors (Lipinski definition) is 2. The fraction of sp³-hybridized carbons (Fsp3) is 0.455. The molecule has 0 spiro atoms. The topological polar surface area (TPSA) is 47.3 Å². The molecule has 1 heterocycles. The molecule has 3 nitrogen and oxygen atoms in total. The second kappa shape index (κ2) is 5.18. The summed E-state index contributed by atoms with van der Waals surface area (Å²) in [6, 6.07) is 3.07. The highest BCUT2D eigenvalue weighted by atomic mass is 127. The van der Waals surface area contributed by atoms with E-state index in [-0.39, 0.29) is 11.9 Å². The van der Waals surface area contributed by atoms with Crippen LogP contribution in [-0.2, 0) is 4.74 Å². The molecule has 1 aliphatic heterocycles. The standard InChI is InChI=1S/C11H14FIN2O/c12-8-4-11(10(14)5-9(8)13)15-6-7-2-1-3-16-7/h4-5,7,15H,1-3,6,14H2. The summed E-state index contributed by atoms with van der Waals surface area (Å²) < 4.78 is 19.3. The zero-order chi connectivity index (χ0) is 11.5. The van der Waals surface area contributed by atoms with E-state index in [2.05, 4.69) is 5.32 Å². The Balaban J connectivity index is 2.00.